The minimum absolute atomic E-state index is 0. The number of rotatable bonds is 5. The van der Waals surface area contributed by atoms with Crippen molar-refractivity contribution in [1.29, 1.82) is 0 Å². The molecule has 1 fully saturated rings. The van der Waals surface area contributed by atoms with Crippen molar-refractivity contribution in [2.24, 2.45) is 5.92 Å². The first-order valence-electron chi connectivity index (χ1n) is 8.24. The minimum atomic E-state index is 0. The monoisotopic (exact) mass is 316 g/mol. The second-order valence-electron chi connectivity index (χ2n) is 6.45. The van der Waals surface area contributed by atoms with E-state index in [4.69, 9.17) is 0 Å². The zero-order valence-corrected chi connectivity index (χ0v) is 13.6. The van der Waals surface area contributed by atoms with Gasteiger partial charge in [-0.15, -0.1) is 0 Å². The van der Waals surface area contributed by atoms with Crippen molar-refractivity contribution in [3.8, 4) is 0 Å². The molecule has 0 aliphatic heterocycles. The summed E-state index contributed by atoms with van der Waals surface area (Å²) in [6.45, 7) is 6.19. The van der Waals surface area contributed by atoms with Crippen molar-refractivity contribution in [2.45, 2.75) is 66.3 Å². The fraction of sp³-hybridized carbons (Fsp3) is 0.611. The Hall–Kier alpha value is -1.91. The average molecular weight is 316 g/mol. The van der Waals surface area contributed by atoms with Crippen molar-refractivity contribution in [3.63, 3.8) is 0 Å². The Labute approximate surface area is 138 Å². The van der Waals surface area contributed by atoms with Gasteiger partial charge in [-0.25, -0.2) is 9.97 Å². The van der Waals surface area contributed by atoms with Gasteiger partial charge in [0.15, 0.2) is 5.65 Å². The number of carbonyl (C=O) groups is 1. The van der Waals surface area contributed by atoms with Gasteiger partial charge in [-0.2, -0.15) is 0 Å². The molecule has 0 bridgehead atoms. The highest BCUT2D eigenvalue weighted by molar-refractivity contribution is 5.91. The first kappa shape index (κ1) is 17.4. The van der Waals surface area contributed by atoms with E-state index in [0.29, 0.717) is 24.3 Å². The number of hydrogen-bond acceptors (Lipinski definition) is 3. The van der Waals surface area contributed by atoms with Gasteiger partial charge >= 0.3 is 0 Å². The van der Waals surface area contributed by atoms with Gasteiger partial charge in [0, 0.05) is 18.2 Å². The Morgan fingerprint density at radius 2 is 2.13 bits per heavy atom. The first-order chi connectivity index (χ1) is 10.6. The molecule has 3 rings (SSSR count). The van der Waals surface area contributed by atoms with Crippen LogP contribution >= 0.6 is 0 Å². The molecule has 2 aromatic rings. The summed E-state index contributed by atoms with van der Waals surface area (Å²) in [6, 6.07) is 4.36. The quantitative estimate of drug-likeness (QED) is 0.885. The van der Waals surface area contributed by atoms with E-state index >= 15 is 0 Å². The van der Waals surface area contributed by atoms with Crippen molar-refractivity contribution in [1.82, 2.24) is 14.5 Å². The second kappa shape index (κ2) is 7.11. The average Bonchev–Trinajstić information content (AvgIpc) is 2.75. The molecule has 0 unspecified atom stereocenters. The summed E-state index contributed by atoms with van der Waals surface area (Å²) in [4.78, 5) is 21.5. The second-order valence-corrected chi connectivity index (χ2v) is 6.45. The molecule has 0 radical (unpaired) electrons. The molecule has 1 amide bonds. The molecule has 0 saturated heterocycles. The summed E-state index contributed by atoms with van der Waals surface area (Å²) in [7, 11) is 0. The van der Waals surface area contributed by atoms with Gasteiger partial charge < -0.3 is 0 Å². The van der Waals surface area contributed by atoms with Crippen LogP contribution in [0.5, 0.6) is 0 Å². The third-order valence-corrected chi connectivity index (χ3v) is 4.60. The Morgan fingerprint density at radius 3 is 2.74 bits per heavy atom. The lowest BCUT2D eigenvalue weighted by Gasteiger charge is -2.28. The molecule has 1 aliphatic rings. The summed E-state index contributed by atoms with van der Waals surface area (Å²) in [5, 5.41) is 3.01. The summed E-state index contributed by atoms with van der Waals surface area (Å²) < 4.78 is 2.13. The number of fused-ring (bicyclic) bond motifs is 1. The lowest BCUT2D eigenvalue weighted by Crippen LogP contribution is -2.23. The van der Waals surface area contributed by atoms with Crippen LogP contribution in [-0.4, -0.2) is 20.4 Å². The molecule has 2 heterocycles. The third-order valence-electron chi connectivity index (χ3n) is 4.60. The van der Waals surface area contributed by atoms with E-state index in [1.54, 1.807) is 0 Å². The fourth-order valence-electron chi connectivity index (χ4n) is 2.78. The Kier molecular flexibility index (Phi) is 5.39. The highest BCUT2D eigenvalue weighted by Gasteiger charge is 2.26. The minimum Gasteiger partial charge on any atom is -0.296 e. The van der Waals surface area contributed by atoms with Gasteiger partial charge in [-0.3, -0.25) is 14.7 Å². The van der Waals surface area contributed by atoms with Crippen LogP contribution in [0.3, 0.4) is 0 Å². The third kappa shape index (κ3) is 3.54. The van der Waals surface area contributed by atoms with Crippen molar-refractivity contribution in [2.75, 3.05) is 5.32 Å². The molecule has 5 heteroatoms. The van der Waals surface area contributed by atoms with E-state index in [2.05, 4.69) is 33.7 Å². The Bertz CT molecular complexity index is 688. The van der Waals surface area contributed by atoms with Crippen molar-refractivity contribution < 1.29 is 4.79 Å². The number of aryl methyl sites for hydroxylation is 1. The van der Waals surface area contributed by atoms with Crippen LogP contribution in [0.1, 0.15) is 65.1 Å². The molecule has 0 spiro atoms. The Morgan fingerprint density at radius 1 is 1.39 bits per heavy atom. The molecular formula is C18H28N4O. The largest absolute Gasteiger partial charge is 0.296 e. The summed E-state index contributed by atoms with van der Waals surface area (Å²) in [6.07, 6.45) is 5.05. The van der Waals surface area contributed by atoms with Gasteiger partial charge in [-0.1, -0.05) is 27.7 Å². The van der Waals surface area contributed by atoms with E-state index < -0.39 is 0 Å². The highest BCUT2D eigenvalue weighted by atomic mass is 16.1. The molecule has 0 aromatic carbocycles. The molecular weight excluding hydrogens is 288 g/mol. The zero-order valence-electron chi connectivity index (χ0n) is 13.6. The zero-order chi connectivity index (χ0) is 15.7. The molecule has 1 aliphatic carbocycles. The van der Waals surface area contributed by atoms with Crippen molar-refractivity contribution in [3.05, 3.63) is 17.8 Å². The van der Waals surface area contributed by atoms with Gasteiger partial charge in [0.2, 0.25) is 11.9 Å². The number of amides is 1. The summed E-state index contributed by atoms with van der Waals surface area (Å²) in [5.41, 5.74) is 2.73. The standard InChI is InChI=1S/C17H24N4O.CH4/c1-4-11(2)10-15(22)20-17-19-14-9-8-12(3)18-16(14)21(17)13-6-5-7-13;/h8-9,11,13H,4-7,10H2,1-3H3,(H,19,20,22);1H4/t11-;/m0./s1. The van der Waals surface area contributed by atoms with Crippen LogP contribution in [0.25, 0.3) is 11.2 Å². The number of nitrogens with one attached hydrogen (secondary N) is 1. The lowest BCUT2D eigenvalue weighted by atomic mass is 9.93. The number of pyridine rings is 1. The van der Waals surface area contributed by atoms with Crippen LogP contribution in [0, 0.1) is 12.8 Å². The van der Waals surface area contributed by atoms with Gasteiger partial charge in [0.1, 0.15) is 5.52 Å². The maximum absolute atomic E-state index is 12.2. The van der Waals surface area contributed by atoms with Gasteiger partial charge in [0.05, 0.1) is 0 Å². The first-order valence-corrected chi connectivity index (χ1v) is 8.24. The number of nitrogens with zero attached hydrogens (tertiary/aromatic N) is 3. The maximum Gasteiger partial charge on any atom is 0.226 e. The molecule has 1 atom stereocenters. The van der Waals surface area contributed by atoms with Crippen LogP contribution < -0.4 is 5.32 Å². The lowest BCUT2D eigenvalue weighted by molar-refractivity contribution is -0.117. The normalized spacial score (nSPS) is 15.8. The predicted molar refractivity (Wildman–Crippen MR) is 94.6 cm³/mol. The van der Waals surface area contributed by atoms with Crippen LogP contribution in [-0.2, 0) is 4.79 Å². The van der Waals surface area contributed by atoms with Crippen LogP contribution in [0.2, 0.25) is 0 Å². The highest BCUT2D eigenvalue weighted by Crippen LogP contribution is 2.36. The number of hydrogen-bond donors (Lipinski definition) is 1. The molecule has 5 nitrogen and oxygen atoms in total. The van der Waals surface area contributed by atoms with Crippen LogP contribution in [0.4, 0.5) is 5.95 Å². The summed E-state index contributed by atoms with van der Waals surface area (Å²) >= 11 is 0. The van der Waals surface area contributed by atoms with E-state index in [-0.39, 0.29) is 13.3 Å². The molecule has 23 heavy (non-hydrogen) atoms. The van der Waals surface area contributed by atoms with E-state index in [1.807, 2.05) is 19.1 Å². The Balaban J connectivity index is 0.00000192. The SMILES string of the molecule is C.CC[C@H](C)CC(=O)Nc1nc2ccc(C)nc2n1C1CCC1. The number of aromatic nitrogens is 3. The smallest absolute Gasteiger partial charge is 0.226 e. The number of imidazole rings is 1. The molecule has 2 aromatic heterocycles. The number of anilines is 1. The number of carbonyl (C=O) groups excluding carboxylic acids is 1. The molecule has 1 N–H and O–H groups in total. The van der Waals surface area contributed by atoms with E-state index in [9.17, 15) is 4.79 Å². The van der Waals surface area contributed by atoms with E-state index in [0.717, 1.165) is 36.1 Å². The van der Waals surface area contributed by atoms with Gasteiger partial charge in [-0.05, 0) is 44.2 Å². The van der Waals surface area contributed by atoms with E-state index in [1.165, 1.54) is 6.42 Å². The maximum atomic E-state index is 12.2. The summed E-state index contributed by atoms with van der Waals surface area (Å²) in [5.74, 6) is 1.09. The van der Waals surface area contributed by atoms with Crippen LogP contribution in [0.15, 0.2) is 12.1 Å². The van der Waals surface area contributed by atoms with Crippen molar-refractivity contribution >= 4 is 23.0 Å². The molecule has 126 valence electrons. The fourth-order valence-corrected chi connectivity index (χ4v) is 2.78. The predicted octanol–water partition coefficient (Wildman–Crippen LogP) is 4.48. The molecule has 1 saturated carbocycles. The van der Waals surface area contributed by atoms with Gasteiger partial charge in [0.25, 0.3) is 0 Å². The topological polar surface area (TPSA) is 59.8 Å².